The van der Waals surface area contributed by atoms with Gasteiger partial charge in [-0.05, 0) is 54.7 Å². The lowest BCUT2D eigenvalue weighted by Crippen LogP contribution is -2.31. The number of nitrogens with zero attached hydrogens (tertiary/aromatic N) is 1. The van der Waals surface area contributed by atoms with Gasteiger partial charge in [0, 0.05) is 23.8 Å². The summed E-state index contributed by atoms with van der Waals surface area (Å²) in [6.07, 6.45) is 1.82. The van der Waals surface area contributed by atoms with Crippen LogP contribution in [0.1, 0.15) is 30.4 Å². The highest BCUT2D eigenvalue weighted by atomic mass is 35.5. The SMILES string of the molecule is NC(=NC(=O)C1(CO)CC1)[C@@H](CC(=O)Cc1ccc(F)cc1)Cc1ccc(Cl)cc1. The Bertz CT molecular complexity index is 938. The summed E-state index contributed by atoms with van der Waals surface area (Å²) in [7, 11) is 0. The highest BCUT2D eigenvalue weighted by Gasteiger charge is 2.49. The van der Waals surface area contributed by atoms with Crippen molar-refractivity contribution in [2.45, 2.75) is 32.1 Å². The average molecular weight is 431 g/mol. The van der Waals surface area contributed by atoms with Crippen molar-refractivity contribution in [3.63, 3.8) is 0 Å². The number of carbonyl (C=O) groups excluding carboxylic acids is 2. The Morgan fingerprint density at radius 3 is 2.27 bits per heavy atom. The van der Waals surface area contributed by atoms with Gasteiger partial charge in [-0.15, -0.1) is 0 Å². The number of aliphatic hydroxyl groups excluding tert-OH is 1. The van der Waals surface area contributed by atoms with Gasteiger partial charge >= 0.3 is 0 Å². The van der Waals surface area contributed by atoms with Crippen molar-refractivity contribution in [1.29, 1.82) is 0 Å². The molecular formula is C23H24ClFN2O3. The Morgan fingerprint density at radius 2 is 1.70 bits per heavy atom. The van der Waals surface area contributed by atoms with Crippen LogP contribution in [0.25, 0.3) is 0 Å². The van der Waals surface area contributed by atoms with Crippen LogP contribution in [-0.2, 0) is 22.4 Å². The van der Waals surface area contributed by atoms with Crippen LogP contribution in [0.3, 0.4) is 0 Å². The van der Waals surface area contributed by atoms with Gasteiger partial charge in [0.25, 0.3) is 5.91 Å². The summed E-state index contributed by atoms with van der Waals surface area (Å²) >= 11 is 5.94. The van der Waals surface area contributed by atoms with E-state index >= 15 is 0 Å². The van der Waals surface area contributed by atoms with Crippen molar-refractivity contribution in [2.24, 2.45) is 22.1 Å². The molecule has 0 saturated heterocycles. The number of aliphatic hydroxyl groups is 1. The third kappa shape index (κ3) is 5.74. The van der Waals surface area contributed by atoms with Crippen molar-refractivity contribution in [1.82, 2.24) is 0 Å². The van der Waals surface area contributed by atoms with E-state index in [0.29, 0.717) is 29.8 Å². The van der Waals surface area contributed by atoms with E-state index in [1.54, 1.807) is 24.3 Å². The maximum absolute atomic E-state index is 13.1. The van der Waals surface area contributed by atoms with E-state index in [2.05, 4.69) is 4.99 Å². The highest BCUT2D eigenvalue weighted by molar-refractivity contribution is 6.30. The molecule has 1 atom stereocenters. The van der Waals surface area contributed by atoms with Gasteiger partial charge in [-0.1, -0.05) is 35.9 Å². The second kappa shape index (κ2) is 9.49. The number of halogens is 2. The largest absolute Gasteiger partial charge is 0.395 e. The van der Waals surface area contributed by atoms with E-state index in [-0.39, 0.29) is 36.9 Å². The summed E-state index contributed by atoms with van der Waals surface area (Å²) in [5.41, 5.74) is 6.96. The Labute approximate surface area is 179 Å². The predicted molar refractivity (Wildman–Crippen MR) is 114 cm³/mol. The molecule has 30 heavy (non-hydrogen) atoms. The van der Waals surface area contributed by atoms with Crippen LogP contribution in [0, 0.1) is 17.2 Å². The van der Waals surface area contributed by atoms with Gasteiger partial charge in [0.15, 0.2) is 0 Å². The normalized spacial score (nSPS) is 16.2. The zero-order valence-corrected chi connectivity index (χ0v) is 17.2. The van der Waals surface area contributed by atoms with Crippen molar-refractivity contribution in [2.75, 3.05) is 6.61 Å². The third-order valence-corrected chi connectivity index (χ3v) is 5.69. The number of carbonyl (C=O) groups is 2. The Morgan fingerprint density at radius 1 is 1.10 bits per heavy atom. The highest BCUT2D eigenvalue weighted by Crippen LogP contribution is 2.46. The number of rotatable bonds is 9. The van der Waals surface area contributed by atoms with Crippen LogP contribution in [0.15, 0.2) is 53.5 Å². The molecule has 0 unspecified atom stereocenters. The first-order valence-corrected chi connectivity index (χ1v) is 10.2. The molecule has 1 saturated carbocycles. The van der Waals surface area contributed by atoms with Crippen LogP contribution >= 0.6 is 11.6 Å². The lowest BCUT2D eigenvalue weighted by atomic mass is 9.91. The van der Waals surface area contributed by atoms with Crippen LogP contribution in [0.5, 0.6) is 0 Å². The fourth-order valence-electron chi connectivity index (χ4n) is 3.28. The molecule has 1 aliphatic carbocycles. The van der Waals surface area contributed by atoms with Gasteiger partial charge in [0.1, 0.15) is 17.4 Å². The quantitative estimate of drug-likeness (QED) is 0.470. The molecule has 0 heterocycles. The molecule has 2 aromatic carbocycles. The number of amides is 1. The number of hydrogen-bond donors (Lipinski definition) is 2. The van der Waals surface area contributed by atoms with Gasteiger partial charge in [-0.3, -0.25) is 9.59 Å². The molecule has 0 bridgehead atoms. The summed E-state index contributed by atoms with van der Waals surface area (Å²) in [4.78, 5) is 29.1. The minimum atomic E-state index is -0.812. The summed E-state index contributed by atoms with van der Waals surface area (Å²) in [5.74, 6) is -1.27. The molecule has 7 heteroatoms. The second-order valence-electron chi connectivity index (χ2n) is 7.85. The standard InChI is InChI=1S/C23H24ClFN2O3/c24-18-5-1-15(2-6-18)11-17(21(26)27-22(30)23(14-28)9-10-23)13-20(29)12-16-3-7-19(25)8-4-16/h1-8,17,28H,9-14H2,(H2,26,27,30)/t17-/m1/s1. The Hall–Kier alpha value is -2.57. The number of nitrogens with two attached hydrogens (primary N) is 1. The minimum absolute atomic E-state index is 0.0853. The zero-order chi connectivity index (χ0) is 21.7. The van der Waals surface area contributed by atoms with Crippen LogP contribution in [-0.4, -0.2) is 29.2 Å². The molecule has 1 amide bonds. The molecular weight excluding hydrogens is 407 g/mol. The Kier molecular flexibility index (Phi) is 7.00. The van der Waals surface area contributed by atoms with Gasteiger partial charge in [0.05, 0.1) is 12.0 Å². The molecule has 0 aromatic heterocycles. The summed E-state index contributed by atoms with van der Waals surface area (Å²) in [6.45, 7) is -0.256. The van der Waals surface area contributed by atoms with Crippen molar-refractivity contribution >= 4 is 29.1 Å². The van der Waals surface area contributed by atoms with Gasteiger partial charge in [-0.2, -0.15) is 4.99 Å². The average Bonchev–Trinajstić information content (AvgIpc) is 3.52. The number of benzene rings is 2. The molecule has 3 rings (SSSR count). The van der Waals surface area contributed by atoms with Crippen molar-refractivity contribution in [3.8, 4) is 0 Å². The van der Waals surface area contributed by atoms with E-state index in [9.17, 15) is 19.1 Å². The molecule has 1 fully saturated rings. The maximum Gasteiger partial charge on any atom is 0.255 e. The predicted octanol–water partition coefficient (Wildman–Crippen LogP) is 3.50. The first-order chi connectivity index (χ1) is 14.3. The van der Waals surface area contributed by atoms with E-state index in [1.807, 2.05) is 12.1 Å². The molecule has 5 nitrogen and oxygen atoms in total. The Balaban J connectivity index is 1.75. The van der Waals surface area contributed by atoms with E-state index in [4.69, 9.17) is 17.3 Å². The number of ketones is 1. The molecule has 2 aromatic rings. The number of hydrogen-bond acceptors (Lipinski definition) is 3. The lowest BCUT2D eigenvalue weighted by Gasteiger charge is -2.17. The fourth-order valence-corrected chi connectivity index (χ4v) is 3.41. The first-order valence-electron chi connectivity index (χ1n) is 9.81. The van der Waals surface area contributed by atoms with E-state index in [0.717, 1.165) is 5.56 Å². The second-order valence-corrected chi connectivity index (χ2v) is 8.29. The summed E-state index contributed by atoms with van der Waals surface area (Å²) < 4.78 is 13.1. The van der Waals surface area contributed by atoms with Crippen LogP contribution in [0.4, 0.5) is 4.39 Å². The molecule has 0 aliphatic heterocycles. The van der Waals surface area contributed by atoms with Crippen LogP contribution in [0.2, 0.25) is 5.02 Å². The number of amidine groups is 1. The fraction of sp³-hybridized carbons (Fsp3) is 0.348. The molecule has 158 valence electrons. The summed E-state index contributed by atoms with van der Waals surface area (Å²) in [6, 6.07) is 12.9. The molecule has 0 spiro atoms. The lowest BCUT2D eigenvalue weighted by molar-refractivity contribution is -0.124. The van der Waals surface area contributed by atoms with E-state index < -0.39 is 17.2 Å². The van der Waals surface area contributed by atoms with Gasteiger partial charge in [0.2, 0.25) is 0 Å². The zero-order valence-electron chi connectivity index (χ0n) is 16.5. The molecule has 3 N–H and O–H groups in total. The van der Waals surface area contributed by atoms with Gasteiger partial charge < -0.3 is 10.8 Å². The van der Waals surface area contributed by atoms with Gasteiger partial charge in [-0.25, -0.2) is 4.39 Å². The smallest absolute Gasteiger partial charge is 0.255 e. The minimum Gasteiger partial charge on any atom is -0.395 e. The number of aliphatic imine (C=N–C) groups is 1. The molecule has 0 radical (unpaired) electrons. The van der Waals surface area contributed by atoms with Crippen molar-refractivity contribution in [3.05, 3.63) is 70.5 Å². The van der Waals surface area contributed by atoms with E-state index in [1.165, 1.54) is 12.1 Å². The van der Waals surface area contributed by atoms with Crippen molar-refractivity contribution < 1.29 is 19.1 Å². The topological polar surface area (TPSA) is 92.8 Å². The maximum atomic E-state index is 13.1. The molecule has 1 aliphatic rings. The third-order valence-electron chi connectivity index (χ3n) is 5.44. The van der Waals surface area contributed by atoms with Crippen LogP contribution < -0.4 is 5.73 Å². The monoisotopic (exact) mass is 430 g/mol. The number of Topliss-reactive ketones (excluding diaryl/α,β-unsaturated/α-hetero) is 1. The first kappa shape index (κ1) is 22.1. The summed E-state index contributed by atoms with van der Waals surface area (Å²) in [5, 5.41) is 10.0.